The van der Waals surface area contributed by atoms with Crippen molar-refractivity contribution in [1.29, 1.82) is 0 Å². The first kappa shape index (κ1) is 11.1. The van der Waals surface area contributed by atoms with Crippen LogP contribution in [0.3, 0.4) is 0 Å². The first-order valence-corrected chi connectivity index (χ1v) is 6.33. The fraction of sp³-hybridized carbons (Fsp3) is 0.250. The zero-order chi connectivity index (χ0) is 12.5. The Balaban J connectivity index is 2.01. The molecule has 0 saturated heterocycles. The van der Waals surface area contributed by atoms with Crippen LogP contribution in [0.4, 0.5) is 0 Å². The third-order valence-electron chi connectivity index (χ3n) is 3.64. The first-order valence-electron chi connectivity index (χ1n) is 6.33. The number of hydrogen-bond donors (Lipinski definition) is 0. The minimum absolute atomic E-state index is 0.0790. The van der Waals surface area contributed by atoms with Gasteiger partial charge in [0, 0.05) is 23.5 Å². The van der Waals surface area contributed by atoms with Gasteiger partial charge in [0.1, 0.15) is 0 Å². The van der Waals surface area contributed by atoms with E-state index in [1.807, 2.05) is 19.1 Å². The molecule has 0 amide bonds. The van der Waals surface area contributed by atoms with E-state index in [2.05, 4.69) is 17.1 Å². The molecule has 0 bridgehead atoms. The molecule has 3 rings (SSSR count). The summed E-state index contributed by atoms with van der Waals surface area (Å²) in [4.78, 5) is 16.5. The number of benzene rings is 1. The molecule has 2 nitrogen and oxygen atoms in total. The molecule has 18 heavy (non-hydrogen) atoms. The van der Waals surface area contributed by atoms with Gasteiger partial charge in [-0.3, -0.25) is 9.78 Å². The van der Waals surface area contributed by atoms with Crippen molar-refractivity contribution in [2.45, 2.75) is 26.2 Å². The average molecular weight is 237 g/mol. The SMILES string of the molecule is Cc1ccncc1C(=O)c1ccc2c(c1)CCC2. The number of hydrogen-bond acceptors (Lipinski definition) is 2. The smallest absolute Gasteiger partial charge is 0.194 e. The molecule has 0 atom stereocenters. The molecule has 90 valence electrons. The van der Waals surface area contributed by atoms with E-state index >= 15 is 0 Å². The summed E-state index contributed by atoms with van der Waals surface area (Å²) in [6.07, 6.45) is 6.83. The van der Waals surface area contributed by atoms with Crippen molar-refractivity contribution in [3.8, 4) is 0 Å². The predicted molar refractivity (Wildman–Crippen MR) is 70.9 cm³/mol. The van der Waals surface area contributed by atoms with Gasteiger partial charge >= 0.3 is 0 Å². The maximum atomic E-state index is 12.4. The largest absolute Gasteiger partial charge is 0.289 e. The van der Waals surface area contributed by atoms with Crippen molar-refractivity contribution in [2.75, 3.05) is 0 Å². The number of ketones is 1. The van der Waals surface area contributed by atoms with Gasteiger partial charge in [-0.25, -0.2) is 0 Å². The molecule has 1 aromatic carbocycles. The summed E-state index contributed by atoms with van der Waals surface area (Å²) < 4.78 is 0. The molecule has 0 N–H and O–H groups in total. The normalized spacial score (nSPS) is 13.4. The summed E-state index contributed by atoms with van der Waals surface area (Å²) in [5, 5.41) is 0. The second-order valence-electron chi connectivity index (χ2n) is 4.86. The van der Waals surface area contributed by atoms with E-state index < -0.39 is 0 Å². The Morgan fingerprint density at radius 1 is 1.17 bits per heavy atom. The van der Waals surface area contributed by atoms with Gasteiger partial charge in [-0.2, -0.15) is 0 Å². The second kappa shape index (κ2) is 4.37. The standard InChI is InChI=1S/C16H15NO/c1-11-7-8-17-10-15(11)16(18)14-6-5-12-3-2-4-13(12)9-14/h5-10H,2-4H2,1H3. The average Bonchev–Trinajstić information content (AvgIpc) is 2.85. The molecule has 0 unspecified atom stereocenters. The monoisotopic (exact) mass is 237 g/mol. The number of aryl methyl sites for hydroxylation is 3. The summed E-state index contributed by atoms with van der Waals surface area (Å²) in [5.41, 5.74) is 5.20. The third kappa shape index (κ3) is 1.84. The lowest BCUT2D eigenvalue weighted by atomic mass is 9.98. The van der Waals surface area contributed by atoms with Crippen molar-refractivity contribution in [3.05, 3.63) is 64.5 Å². The van der Waals surface area contributed by atoms with E-state index in [0.717, 1.165) is 24.0 Å². The van der Waals surface area contributed by atoms with Gasteiger partial charge in [0.15, 0.2) is 5.78 Å². The van der Waals surface area contributed by atoms with Crippen LogP contribution in [-0.2, 0) is 12.8 Å². The molecule has 1 aromatic heterocycles. The summed E-state index contributed by atoms with van der Waals surface area (Å²) in [6.45, 7) is 1.95. The summed E-state index contributed by atoms with van der Waals surface area (Å²) in [7, 11) is 0. The topological polar surface area (TPSA) is 30.0 Å². The number of rotatable bonds is 2. The maximum Gasteiger partial charge on any atom is 0.194 e. The van der Waals surface area contributed by atoms with Gasteiger partial charge in [0.2, 0.25) is 0 Å². The Morgan fingerprint density at radius 3 is 2.83 bits per heavy atom. The van der Waals surface area contributed by atoms with Crippen LogP contribution in [0.5, 0.6) is 0 Å². The molecule has 2 heteroatoms. The van der Waals surface area contributed by atoms with Crippen LogP contribution in [-0.4, -0.2) is 10.8 Å². The van der Waals surface area contributed by atoms with Gasteiger partial charge in [-0.05, 0) is 55.0 Å². The highest BCUT2D eigenvalue weighted by Gasteiger charge is 2.16. The lowest BCUT2D eigenvalue weighted by Gasteiger charge is -2.06. The number of pyridine rings is 1. The van der Waals surface area contributed by atoms with E-state index in [0.29, 0.717) is 5.56 Å². The highest BCUT2D eigenvalue weighted by Crippen LogP contribution is 2.24. The molecule has 0 fully saturated rings. The Kier molecular flexibility index (Phi) is 2.71. The van der Waals surface area contributed by atoms with Crippen molar-refractivity contribution in [1.82, 2.24) is 4.98 Å². The van der Waals surface area contributed by atoms with Crippen LogP contribution in [0.25, 0.3) is 0 Å². The maximum absolute atomic E-state index is 12.4. The second-order valence-corrected chi connectivity index (χ2v) is 4.86. The van der Waals surface area contributed by atoms with E-state index in [4.69, 9.17) is 0 Å². The van der Waals surface area contributed by atoms with Gasteiger partial charge < -0.3 is 0 Å². The molecule has 0 spiro atoms. The summed E-state index contributed by atoms with van der Waals surface area (Å²) in [6, 6.07) is 7.97. The molecule has 1 aliphatic rings. The van der Waals surface area contributed by atoms with Crippen LogP contribution >= 0.6 is 0 Å². The molecular formula is C16H15NO. The number of fused-ring (bicyclic) bond motifs is 1. The zero-order valence-electron chi connectivity index (χ0n) is 10.4. The van der Waals surface area contributed by atoms with E-state index in [-0.39, 0.29) is 5.78 Å². The van der Waals surface area contributed by atoms with Gasteiger partial charge in [-0.15, -0.1) is 0 Å². The highest BCUT2D eigenvalue weighted by atomic mass is 16.1. The van der Waals surface area contributed by atoms with Crippen molar-refractivity contribution in [3.63, 3.8) is 0 Å². The number of carbonyl (C=O) groups is 1. The molecule has 2 aromatic rings. The van der Waals surface area contributed by atoms with Crippen LogP contribution in [0.15, 0.2) is 36.7 Å². The quantitative estimate of drug-likeness (QED) is 0.751. The van der Waals surface area contributed by atoms with Crippen molar-refractivity contribution in [2.24, 2.45) is 0 Å². The Hall–Kier alpha value is -1.96. The fourth-order valence-electron chi connectivity index (χ4n) is 2.57. The molecule has 0 saturated carbocycles. The van der Waals surface area contributed by atoms with Crippen LogP contribution in [0.2, 0.25) is 0 Å². The van der Waals surface area contributed by atoms with Gasteiger partial charge in [0.25, 0.3) is 0 Å². The van der Waals surface area contributed by atoms with E-state index in [1.54, 1.807) is 12.4 Å². The van der Waals surface area contributed by atoms with E-state index in [1.165, 1.54) is 17.5 Å². The zero-order valence-corrected chi connectivity index (χ0v) is 10.4. The third-order valence-corrected chi connectivity index (χ3v) is 3.64. The van der Waals surface area contributed by atoms with Crippen molar-refractivity contribution < 1.29 is 4.79 Å². The summed E-state index contributed by atoms with van der Waals surface area (Å²) in [5.74, 6) is 0.0790. The van der Waals surface area contributed by atoms with Crippen LogP contribution < -0.4 is 0 Å². The highest BCUT2D eigenvalue weighted by molar-refractivity contribution is 6.09. The van der Waals surface area contributed by atoms with Gasteiger partial charge in [0.05, 0.1) is 0 Å². The fourth-order valence-corrected chi connectivity index (χ4v) is 2.57. The summed E-state index contributed by atoms with van der Waals surface area (Å²) >= 11 is 0. The number of aromatic nitrogens is 1. The van der Waals surface area contributed by atoms with Crippen molar-refractivity contribution >= 4 is 5.78 Å². The Labute approximate surface area is 107 Å². The number of nitrogens with zero attached hydrogens (tertiary/aromatic N) is 1. The molecule has 1 heterocycles. The number of carbonyl (C=O) groups excluding carboxylic acids is 1. The minimum atomic E-state index is 0.0790. The lowest BCUT2D eigenvalue weighted by Crippen LogP contribution is -2.05. The van der Waals surface area contributed by atoms with Crippen LogP contribution in [0.1, 0.15) is 39.0 Å². The lowest BCUT2D eigenvalue weighted by molar-refractivity contribution is 0.103. The van der Waals surface area contributed by atoms with Crippen LogP contribution in [0, 0.1) is 6.92 Å². The Bertz CT molecular complexity index is 616. The molecule has 1 aliphatic carbocycles. The minimum Gasteiger partial charge on any atom is -0.289 e. The Morgan fingerprint density at radius 2 is 2.00 bits per heavy atom. The molecular weight excluding hydrogens is 222 g/mol. The molecule has 0 radical (unpaired) electrons. The van der Waals surface area contributed by atoms with E-state index in [9.17, 15) is 4.79 Å². The van der Waals surface area contributed by atoms with Gasteiger partial charge in [-0.1, -0.05) is 12.1 Å². The molecule has 0 aliphatic heterocycles. The first-order chi connectivity index (χ1) is 8.75. The predicted octanol–water partition coefficient (Wildman–Crippen LogP) is 3.11.